The molecule has 0 fully saturated rings. The van der Waals surface area contributed by atoms with Gasteiger partial charge in [-0.25, -0.2) is 0 Å². The van der Waals surface area contributed by atoms with Gasteiger partial charge in [-0.2, -0.15) is 0 Å². The smallest absolute Gasteiger partial charge is 0.153 e. The summed E-state index contributed by atoms with van der Waals surface area (Å²) in [4.78, 5) is 15.5. The Bertz CT molecular complexity index is 755. The lowest BCUT2D eigenvalue weighted by Crippen LogP contribution is -2.00. The third-order valence-electron chi connectivity index (χ3n) is 3.37. The van der Waals surface area contributed by atoms with Crippen molar-refractivity contribution >= 4 is 6.29 Å². The fraction of sp³-hybridized carbons (Fsp3) is 0.0526. The van der Waals surface area contributed by atoms with Crippen LogP contribution in [0.5, 0.6) is 5.75 Å². The average molecular weight is 289 g/mol. The van der Waals surface area contributed by atoms with E-state index in [-0.39, 0.29) is 0 Å². The van der Waals surface area contributed by atoms with Crippen molar-refractivity contribution in [2.24, 2.45) is 0 Å². The summed E-state index contributed by atoms with van der Waals surface area (Å²) in [6, 6.07) is 19.2. The Balaban J connectivity index is 1.96. The van der Waals surface area contributed by atoms with Gasteiger partial charge in [0.2, 0.25) is 0 Å². The second kappa shape index (κ2) is 6.68. The number of para-hydroxylation sites is 1. The van der Waals surface area contributed by atoms with Crippen LogP contribution in [-0.4, -0.2) is 11.3 Å². The van der Waals surface area contributed by atoms with Gasteiger partial charge in [0.25, 0.3) is 0 Å². The number of benzene rings is 2. The summed E-state index contributed by atoms with van der Waals surface area (Å²) in [5.41, 5.74) is 3.39. The SMILES string of the molecule is O=Cc1cccc(-c2cccnc2)c1OCc1ccccc1. The van der Waals surface area contributed by atoms with Crippen LogP contribution in [0.25, 0.3) is 11.1 Å². The van der Waals surface area contributed by atoms with Crippen molar-refractivity contribution in [3.63, 3.8) is 0 Å². The van der Waals surface area contributed by atoms with Crippen molar-refractivity contribution in [2.45, 2.75) is 6.61 Å². The van der Waals surface area contributed by atoms with Crippen molar-refractivity contribution < 1.29 is 9.53 Å². The maximum Gasteiger partial charge on any atom is 0.153 e. The molecule has 0 spiro atoms. The van der Waals surface area contributed by atoms with E-state index in [1.165, 1.54) is 0 Å². The van der Waals surface area contributed by atoms with Gasteiger partial charge in [0.15, 0.2) is 6.29 Å². The lowest BCUT2D eigenvalue weighted by Gasteiger charge is -2.13. The standard InChI is InChI=1S/C19H15NO2/c21-13-17-8-4-10-18(16-9-5-11-20-12-16)19(17)22-14-15-6-2-1-3-7-15/h1-13H,14H2. The Kier molecular flexibility index (Phi) is 4.25. The molecule has 0 amide bonds. The van der Waals surface area contributed by atoms with Gasteiger partial charge < -0.3 is 4.74 Å². The van der Waals surface area contributed by atoms with Crippen LogP contribution in [-0.2, 0) is 6.61 Å². The van der Waals surface area contributed by atoms with Gasteiger partial charge >= 0.3 is 0 Å². The maximum atomic E-state index is 11.3. The Hall–Kier alpha value is -2.94. The highest BCUT2D eigenvalue weighted by atomic mass is 16.5. The number of carbonyl (C=O) groups excluding carboxylic acids is 1. The van der Waals surface area contributed by atoms with E-state index in [0.717, 1.165) is 23.0 Å². The molecule has 0 atom stereocenters. The number of aromatic nitrogens is 1. The van der Waals surface area contributed by atoms with Crippen molar-refractivity contribution in [1.82, 2.24) is 4.98 Å². The number of hydrogen-bond acceptors (Lipinski definition) is 3. The van der Waals surface area contributed by atoms with Gasteiger partial charge in [-0.1, -0.05) is 48.5 Å². The maximum absolute atomic E-state index is 11.3. The molecule has 0 aliphatic heterocycles. The van der Waals surface area contributed by atoms with E-state index < -0.39 is 0 Å². The van der Waals surface area contributed by atoms with Crippen LogP contribution in [0.3, 0.4) is 0 Å². The first-order chi connectivity index (χ1) is 10.9. The summed E-state index contributed by atoms with van der Waals surface area (Å²) in [6.07, 6.45) is 4.30. The molecule has 3 rings (SSSR count). The molecule has 0 saturated carbocycles. The molecule has 0 aliphatic carbocycles. The van der Waals surface area contributed by atoms with E-state index >= 15 is 0 Å². The molecule has 1 heterocycles. The van der Waals surface area contributed by atoms with Gasteiger partial charge in [0, 0.05) is 23.5 Å². The Morgan fingerprint density at radius 1 is 0.955 bits per heavy atom. The molecule has 108 valence electrons. The predicted octanol–water partition coefficient (Wildman–Crippen LogP) is 4.14. The molecular formula is C19H15NO2. The molecule has 22 heavy (non-hydrogen) atoms. The first-order valence-corrected chi connectivity index (χ1v) is 7.04. The molecule has 0 N–H and O–H groups in total. The predicted molar refractivity (Wildman–Crippen MR) is 85.8 cm³/mol. The van der Waals surface area contributed by atoms with E-state index in [2.05, 4.69) is 4.98 Å². The summed E-state index contributed by atoms with van der Waals surface area (Å²) >= 11 is 0. The Morgan fingerprint density at radius 2 is 1.82 bits per heavy atom. The van der Waals surface area contributed by atoms with E-state index in [1.54, 1.807) is 18.5 Å². The first kappa shape index (κ1) is 14.0. The molecule has 0 unspecified atom stereocenters. The van der Waals surface area contributed by atoms with E-state index in [9.17, 15) is 4.79 Å². The van der Waals surface area contributed by atoms with E-state index in [4.69, 9.17) is 4.74 Å². The average Bonchev–Trinajstić information content (AvgIpc) is 2.61. The zero-order chi connectivity index (χ0) is 15.2. The molecule has 3 heteroatoms. The molecule has 0 saturated heterocycles. The van der Waals surface area contributed by atoms with Gasteiger partial charge in [-0.3, -0.25) is 9.78 Å². The quantitative estimate of drug-likeness (QED) is 0.663. The summed E-state index contributed by atoms with van der Waals surface area (Å²) in [5.74, 6) is 0.592. The minimum absolute atomic E-state index is 0.416. The van der Waals surface area contributed by atoms with Crippen LogP contribution in [0.15, 0.2) is 73.1 Å². The third kappa shape index (κ3) is 3.04. The van der Waals surface area contributed by atoms with Crippen molar-refractivity contribution in [1.29, 1.82) is 0 Å². The molecule has 2 aromatic carbocycles. The Labute approximate surface area is 129 Å². The molecule has 3 nitrogen and oxygen atoms in total. The third-order valence-corrected chi connectivity index (χ3v) is 3.37. The number of carbonyl (C=O) groups is 1. The van der Waals surface area contributed by atoms with Crippen molar-refractivity contribution in [3.05, 3.63) is 84.2 Å². The number of rotatable bonds is 5. The summed E-state index contributed by atoms with van der Waals surface area (Å²) in [5, 5.41) is 0. The second-order valence-electron chi connectivity index (χ2n) is 4.86. The van der Waals surface area contributed by atoms with Crippen LogP contribution in [0.1, 0.15) is 15.9 Å². The molecule has 1 aromatic heterocycles. The zero-order valence-corrected chi connectivity index (χ0v) is 12.0. The summed E-state index contributed by atoms with van der Waals surface area (Å²) < 4.78 is 5.94. The molecule has 0 radical (unpaired) electrons. The van der Waals surface area contributed by atoms with E-state index in [0.29, 0.717) is 17.9 Å². The highest BCUT2D eigenvalue weighted by Crippen LogP contribution is 2.32. The number of hydrogen-bond donors (Lipinski definition) is 0. The number of aldehydes is 1. The molecule has 0 bridgehead atoms. The van der Waals surface area contributed by atoms with Gasteiger partial charge in [0.05, 0.1) is 5.56 Å². The molecular weight excluding hydrogens is 274 g/mol. The van der Waals surface area contributed by atoms with Crippen molar-refractivity contribution in [2.75, 3.05) is 0 Å². The summed E-state index contributed by atoms with van der Waals surface area (Å²) in [6.45, 7) is 0.416. The van der Waals surface area contributed by atoms with Crippen LogP contribution in [0, 0.1) is 0 Å². The fourth-order valence-electron chi connectivity index (χ4n) is 2.29. The largest absolute Gasteiger partial charge is 0.488 e. The van der Waals surface area contributed by atoms with Crippen molar-refractivity contribution in [3.8, 4) is 16.9 Å². The monoisotopic (exact) mass is 289 g/mol. The molecule has 3 aromatic rings. The molecule has 0 aliphatic rings. The van der Waals surface area contributed by atoms with Crippen LogP contribution in [0.2, 0.25) is 0 Å². The van der Waals surface area contributed by atoms with Crippen LogP contribution in [0.4, 0.5) is 0 Å². The fourth-order valence-corrected chi connectivity index (χ4v) is 2.29. The lowest BCUT2D eigenvalue weighted by molar-refractivity contribution is 0.111. The minimum Gasteiger partial charge on any atom is -0.488 e. The minimum atomic E-state index is 0.416. The van der Waals surface area contributed by atoms with Crippen LogP contribution >= 0.6 is 0 Å². The van der Waals surface area contributed by atoms with Gasteiger partial charge in [-0.05, 0) is 17.7 Å². The van der Waals surface area contributed by atoms with Crippen LogP contribution < -0.4 is 4.74 Å². The zero-order valence-electron chi connectivity index (χ0n) is 12.0. The summed E-state index contributed by atoms with van der Waals surface area (Å²) in [7, 11) is 0. The Morgan fingerprint density at radius 3 is 2.55 bits per heavy atom. The van der Waals surface area contributed by atoms with E-state index in [1.807, 2.05) is 54.6 Å². The van der Waals surface area contributed by atoms with Gasteiger partial charge in [0.1, 0.15) is 12.4 Å². The first-order valence-electron chi connectivity index (χ1n) is 7.04. The number of pyridine rings is 1. The normalized spacial score (nSPS) is 10.2. The topological polar surface area (TPSA) is 39.2 Å². The number of nitrogens with zero attached hydrogens (tertiary/aromatic N) is 1. The number of ether oxygens (including phenoxy) is 1. The second-order valence-corrected chi connectivity index (χ2v) is 4.86. The highest BCUT2D eigenvalue weighted by molar-refractivity contribution is 5.85. The highest BCUT2D eigenvalue weighted by Gasteiger charge is 2.11. The van der Waals surface area contributed by atoms with Gasteiger partial charge in [-0.15, -0.1) is 0 Å². The lowest BCUT2D eigenvalue weighted by atomic mass is 10.0.